The normalized spacial score (nSPS) is 11.5. The van der Waals surface area contributed by atoms with Gasteiger partial charge in [0.1, 0.15) is 5.75 Å². The first-order valence-electron chi connectivity index (χ1n) is 7.29. The second kappa shape index (κ2) is 7.93. The lowest BCUT2D eigenvalue weighted by molar-refractivity contribution is 0.403. The molecule has 2 rings (SSSR count). The molecule has 114 valence electrons. The molecule has 0 bridgehead atoms. The van der Waals surface area contributed by atoms with Gasteiger partial charge in [-0.15, -0.1) is 0 Å². The van der Waals surface area contributed by atoms with E-state index in [4.69, 9.17) is 0 Å². The van der Waals surface area contributed by atoms with E-state index in [1.54, 1.807) is 18.2 Å². The van der Waals surface area contributed by atoms with Crippen LogP contribution >= 0.6 is 0 Å². The van der Waals surface area contributed by atoms with Crippen LogP contribution in [0.5, 0.6) is 17.2 Å². The minimum absolute atomic E-state index is 0.0982. The van der Waals surface area contributed by atoms with Crippen LogP contribution in [-0.2, 0) is 0 Å². The summed E-state index contributed by atoms with van der Waals surface area (Å²) < 4.78 is 0. The average molecular weight is 296 g/mol. The van der Waals surface area contributed by atoms with Crippen molar-refractivity contribution in [1.82, 2.24) is 0 Å². The molecule has 3 nitrogen and oxygen atoms in total. The lowest BCUT2D eigenvalue weighted by Crippen LogP contribution is -1.74. The molecule has 0 spiro atoms. The van der Waals surface area contributed by atoms with Crippen molar-refractivity contribution in [3.05, 3.63) is 65.7 Å². The summed E-state index contributed by atoms with van der Waals surface area (Å²) in [6.07, 6.45) is 11.1. The molecule has 0 atom stereocenters. The molecule has 3 heteroatoms. The molecule has 0 fully saturated rings. The maximum Gasteiger partial charge on any atom is 0.157 e. The number of phenols is 3. The van der Waals surface area contributed by atoms with Crippen LogP contribution in [0.25, 0.3) is 12.2 Å². The van der Waals surface area contributed by atoms with Crippen molar-refractivity contribution in [3.8, 4) is 17.2 Å². The Kier molecular flexibility index (Phi) is 5.66. The molecular weight excluding hydrogens is 276 g/mol. The molecule has 2 aromatic carbocycles. The molecule has 2 aromatic rings. The van der Waals surface area contributed by atoms with Crippen molar-refractivity contribution in [2.45, 2.75) is 19.3 Å². The van der Waals surface area contributed by atoms with Gasteiger partial charge < -0.3 is 15.3 Å². The highest BCUT2D eigenvalue weighted by atomic mass is 16.3. The predicted octanol–water partition coefficient (Wildman–Crippen LogP) is 4.70. The van der Waals surface area contributed by atoms with E-state index in [1.165, 1.54) is 12.1 Å². The van der Waals surface area contributed by atoms with Crippen LogP contribution in [0, 0.1) is 0 Å². The number of benzene rings is 2. The first kappa shape index (κ1) is 15.7. The first-order chi connectivity index (χ1) is 10.6. The zero-order valence-electron chi connectivity index (χ0n) is 12.3. The van der Waals surface area contributed by atoms with Gasteiger partial charge in [0.15, 0.2) is 11.5 Å². The molecule has 0 aliphatic rings. The fourth-order valence-electron chi connectivity index (χ4n) is 2.02. The number of hydrogen-bond acceptors (Lipinski definition) is 3. The van der Waals surface area contributed by atoms with Crippen molar-refractivity contribution < 1.29 is 15.3 Å². The number of rotatable bonds is 6. The standard InChI is InChI=1S/C19H20O3/c20-17-11-8-15(9-12-17)6-4-2-1-3-5-7-16-10-13-18(21)19(22)14-16/h4-14,20-22H,1-3H2. The quantitative estimate of drug-likeness (QED) is 0.535. The third-order valence-corrected chi connectivity index (χ3v) is 3.25. The zero-order valence-corrected chi connectivity index (χ0v) is 12.3. The highest BCUT2D eigenvalue weighted by molar-refractivity contribution is 5.55. The molecule has 0 saturated heterocycles. The minimum Gasteiger partial charge on any atom is -0.508 e. The number of allylic oxidation sites excluding steroid dienone is 2. The average Bonchev–Trinajstić information content (AvgIpc) is 2.51. The van der Waals surface area contributed by atoms with Gasteiger partial charge in [-0.3, -0.25) is 0 Å². The maximum absolute atomic E-state index is 9.39. The number of phenolic OH excluding ortho intramolecular Hbond substituents is 3. The van der Waals surface area contributed by atoms with Crippen molar-refractivity contribution in [2.75, 3.05) is 0 Å². The fourth-order valence-corrected chi connectivity index (χ4v) is 2.02. The second-order valence-corrected chi connectivity index (χ2v) is 5.08. The van der Waals surface area contributed by atoms with Crippen molar-refractivity contribution >= 4 is 12.2 Å². The molecular formula is C19H20O3. The van der Waals surface area contributed by atoms with Gasteiger partial charge in [0, 0.05) is 0 Å². The van der Waals surface area contributed by atoms with E-state index < -0.39 is 0 Å². The van der Waals surface area contributed by atoms with E-state index >= 15 is 0 Å². The van der Waals surface area contributed by atoms with E-state index in [1.807, 2.05) is 24.3 Å². The molecule has 22 heavy (non-hydrogen) atoms. The molecule has 0 amide bonds. The summed E-state index contributed by atoms with van der Waals surface area (Å²) in [5.41, 5.74) is 1.95. The molecule has 0 heterocycles. The summed E-state index contributed by atoms with van der Waals surface area (Å²) in [5.74, 6) is 0.0815. The molecule has 0 aliphatic heterocycles. The number of unbranched alkanes of at least 4 members (excludes halogenated alkanes) is 2. The van der Waals surface area contributed by atoms with Gasteiger partial charge in [0.25, 0.3) is 0 Å². The van der Waals surface area contributed by atoms with Gasteiger partial charge >= 0.3 is 0 Å². The molecule has 3 N–H and O–H groups in total. The topological polar surface area (TPSA) is 60.7 Å². The summed E-state index contributed by atoms with van der Waals surface area (Å²) in [7, 11) is 0. The van der Waals surface area contributed by atoms with Gasteiger partial charge in [-0.25, -0.2) is 0 Å². The van der Waals surface area contributed by atoms with E-state index in [-0.39, 0.29) is 17.2 Å². The minimum atomic E-state index is -0.100. The van der Waals surface area contributed by atoms with Crippen LogP contribution in [0.2, 0.25) is 0 Å². The van der Waals surface area contributed by atoms with Gasteiger partial charge in [0.2, 0.25) is 0 Å². The summed E-state index contributed by atoms with van der Waals surface area (Å²) in [6, 6.07) is 11.9. The predicted molar refractivity (Wildman–Crippen MR) is 89.8 cm³/mol. The van der Waals surface area contributed by atoms with Crippen LogP contribution in [0.4, 0.5) is 0 Å². The molecule has 0 radical (unpaired) electrons. The Morgan fingerprint density at radius 2 is 1.27 bits per heavy atom. The van der Waals surface area contributed by atoms with Crippen molar-refractivity contribution in [3.63, 3.8) is 0 Å². The van der Waals surface area contributed by atoms with E-state index in [0.717, 1.165) is 30.4 Å². The number of hydrogen-bond donors (Lipinski definition) is 3. The van der Waals surface area contributed by atoms with Crippen LogP contribution in [0.3, 0.4) is 0 Å². The van der Waals surface area contributed by atoms with E-state index in [9.17, 15) is 15.3 Å². The second-order valence-electron chi connectivity index (χ2n) is 5.08. The third kappa shape index (κ3) is 5.02. The lowest BCUT2D eigenvalue weighted by atomic mass is 10.1. The Hall–Kier alpha value is -2.68. The Bertz CT molecular complexity index is 655. The molecule has 0 saturated carbocycles. The molecule has 0 aromatic heterocycles. The zero-order chi connectivity index (χ0) is 15.8. The summed E-state index contributed by atoms with van der Waals surface area (Å²) >= 11 is 0. The van der Waals surface area contributed by atoms with Crippen LogP contribution in [0.15, 0.2) is 54.6 Å². The van der Waals surface area contributed by atoms with E-state index in [2.05, 4.69) is 12.2 Å². The maximum atomic E-state index is 9.39. The SMILES string of the molecule is Oc1ccc(C=CCCCC=Cc2ccc(O)c(O)c2)cc1. The Morgan fingerprint density at radius 3 is 1.91 bits per heavy atom. The van der Waals surface area contributed by atoms with Crippen LogP contribution in [0.1, 0.15) is 30.4 Å². The van der Waals surface area contributed by atoms with Gasteiger partial charge in [-0.1, -0.05) is 42.5 Å². The fraction of sp³-hybridized carbons (Fsp3) is 0.158. The largest absolute Gasteiger partial charge is 0.508 e. The number of aromatic hydroxyl groups is 3. The Morgan fingerprint density at radius 1 is 0.682 bits per heavy atom. The first-order valence-corrected chi connectivity index (χ1v) is 7.29. The van der Waals surface area contributed by atoms with Gasteiger partial charge in [0.05, 0.1) is 0 Å². The van der Waals surface area contributed by atoms with Crippen LogP contribution < -0.4 is 0 Å². The van der Waals surface area contributed by atoms with Gasteiger partial charge in [-0.2, -0.15) is 0 Å². The van der Waals surface area contributed by atoms with Crippen LogP contribution in [-0.4, -0.2) is 15.3 Å². The highest BCUT2D eigenvalue weighted by Gasteiger charge is 1.97. The Balaban J connectivity index is 1.71. The monoisotopic (exact) mass is 296 g/mol. The highest BCUT2D eigenvalue weighted by Crippen LogP contribution is 2.25. The van der Waals surface area contributed by atoms with Gasteiger partial charge in [-0.05, 0) is 54.7 Å². The van der Waals surface area contributed by atoms with Crippen molar-refractivity contribution in [1.29, 1.82) is 0 Å². The van der Waals surface area contributed by atoms with Crippen molar-refractivity contribution in [2.24, 2.45) is 0 Å². The lowest BCUT2D eigenvalue weighted by Gasteiger charge is -1.98. The summed E-state index contributed by atoms with van der Waals surface area (Å²) in [6.45, 7) is 0. The molecule has 0 unspecified atom stereocenters. The Labute approximate surface area is 130 Å². The summed E-state index contributed by atoms with van der Waals surface area (Å²) in [4.78, 5) is 0. The van der Waals surface area contributed by atoms with E-state index in [0.29, 0.717) is 0 Å². The molecule has 0 aliphatic carbocycles. The summed E-state index contributed by atoms with van der Waals surface area (Å²) in [5, 5.41) is 27.8. The third-order valence-electron chi connectivity index (χ3n) is 3.25. The smallest absolute Gasteiger partial charge is 0.157 e.